The Morgan fingerprint density at radius 1 is 0.931 bits per heavy atom. The number of likely N-dealkylation sites (tertiary alicyclic amines) is 1. The molecule has 29 heavy (non-hydrogen) atoms. The largest absolute Gasteiger partial charge is 0.481 e. The van der Waals surface area contributed by atoms with E-state index in [0.29, 0.717) is 19.4 Å². The standard InChI is InChI=1S/C24H24N2O3/c27-23(14-12-19-11-13-22(25-19)18-9-5-2-6-10-18)26-15-20(21(16-26)24(28)29)17-7-3-1-4-8-17/h1-11,13,20-21,25H,12,14-16H2,(H,28,29)/t20-,21-/m1/s1. The van der Waals surface area contributed by atoms with Gasteiger partial charge in [-0.15, -0.1) is 0 Å². The molecule has 1 aliphatic rings. The molecule has 0 unspecified atom stereocenters. The number of aromatic nitrogens is 1. The third kappa shape index (κ3) is 4.24. The highest BCUT2D eigenvalue weighted by molar-refractivity contribution is 5.80. The highest BCUT2D eigenvalue weighted by Gasteiger charge is 2.40. The van der Waals surface area contributed by atoms with Crippen molar-refractivity contribution in [3.05, 3.63) is 84.1 Å². The van der Waals surface area contributed by atoms with E-state index in [-0.39, 0.29) is 18.4 Å². The van der Waals surface area contributed by atoms with Gasteiger partial charge in [-0.3, -0.25) is 9.59 Å². The highest BCUT2D eigenvalue weighted by Crippen LogP contribution is 2.33. The summed E-state index contributed by atoms with van der Waals surface area (Å²) < 4.78 is 0. The Labute approximate surface area is 170 Å². The Kier molecular flexibility index (Phi) is 5.47. The number of amides is 1. The molecule has 2 N–H and O–H groups in total. The summed E-state index contributed by atoms with van der Waals surface area (Å²) in [7, 11) is 0. The van der Waals surface area contributed by atoms with Crippen molar-refractivity contribution >= 4 is 11.9 Å². The summed E-state index contributed by atoms with van der Waals surface area (Å²) >= 11 is 0. The monoisotopic (exact) mass is 388 g/mol. The van der Waals surface area contributed by atoms with Gasteiger partial charge >= 0.3 is 5.97 Å². The third-order valence-electron chi connectivity index (χ3n) is 5.66. The smallest absolute Gasteiger partial charge is 0.308 e. The molecule has 5 heteroatoms. The van der Waals surface area contributed by atoms with Crippen LogP contribution >= 0.6 is 0 Å². The number of hydrogen-bond donors (Lipinski definition) is 2. The summed E-state index contributed by atoms with van der Waals surface area (Å²) in [5, 5.41) is 9.62. The summed E-state index contributed by atoms with van der Waals surface area (Å²) in [4.78, 5) is 29.6. The molecule has 148 valence electrons. The summed E-state index contributed by atoms with van der Waals surface area (Å²) in [6, 6.07) is 23.7. The normalized spacial score (nSPS) is 18.7. The molecule has 1 aromatic heterocycles. The Bertz CT molecular complexity index is 982. The van der Waals surface area contributed by atoms with Crippen LogP contribution in [0.3, 0.4) is 0 Å². The molecular formula is C24H24N2O3. The fourth-order valence-corrected chi connectivity index (χ4v) is 4.07. The van der Waals surface area contributed by atoms with Crippen LogP contribution in [0.4, 0.5) is 0 Å². The van der Waals surface area contributed by atoms with Crippen LogP contribution in [0.1, 0.15) is 23.6 Å². The van der Waals surface area contributed by atoms with Gasteiger partial charge in [0, 0.05) is 36.8 Å². The first-order valence-corrected chi connectivity index (χ1v) is 9.90. The zero-order valence-corrected chi connectivity index (χ0v) is 16.1. The van der Waals surface area contributed by atoms with Gasteiger partial charge < -0.3 is 15.0 Å². The second kappa shape index (κ2) is 8.35. The van der Waals surface area contributed by atoms with Gasteiger partial charge in [0.15, 0.2) is 0 Å². The van der Waals surface area contributed by atoms with Crippen molar-refractivity contribution in [1.82, 2.24) is 9.88 Å². The summed E-state index contributed by atoms with van der Waals surface area (Å²) in [6.07, 6.45) is 0.971. The van der Waals surface area contributed by atoms with Crippen molar-refractivity contribution in [1.29, 1.82) is 0 Å². The molecule has 4 rings (SSSR count). The zero-order valence-electron chi connectivity index (χ0n) is 16.1. The molecule has 0 saturated carbocycles. The average molecular weight is 388 g/mol. The molecule has 0 radical (unpaired) electrons. The van der Waals surface area contributed by atoms with E-state index in [2.05, 4.69) is 4.98 Å². The maximum absolute atomic E-state index is 12.8. The summed E-state index contributed by atoms with van der Waals surface area (Å²) in [5.41, 5.74) is 4.13. The molecule has 2 aromatic carbocycles. The van der Waals surface area contributed by atoms with Crippen LogP contribution in [0.25, 0.3) is 11.3 Å². The highest BCUT2D eigenvalue weighted by atomic mass is 16.4. The quantitative estimate of drug-likeness (QED) is 0.672. The number of rotatable bonds is 6. The Balaban J connectivity index is 1.39. The second-order valence-corrected chi connectivity index (χ2v) is 7.52. The van der Waals surface area contributed by atoms with Gasteiger partial charge in [0.25, 0.3) is 0 Å². The molecule has 5 nitrogen and oxygen atoms in total. The SMILES string of the molecule is O=C(O)[C@@H]1CN(C(=O)CCc2ccc(-c3ccccc3)[nH]2)C[C@@H]1c1ccccc1. The molecule has 0 bridgehead atoms. The Morgan fingerprint density at radius 2 is 1.62 bits per heavy atom. The van der Waals surface area contributed by atoms with Crippen LogP contribution in [0.5, 0.6) is 0 Å². The molecule has 1 amide bonds. The fraction of sp³-hybridized carbons (Fsp3) is 0.250. The van der Waals surface area contributed by atoms with E-state index in [0.717, 1.165) is 22.5 Å². The predicted molar refractivity (Wildman–Crippen MR) is 111 cm³/mol. The van der Waals surface area contributed by atoms with Gasteiger partial charge in [-0.25, -0.2) is 0 Å². The average Bonchev–Trinajstić information content (AvgIpc) is 3.41. The van der Waals surface area contributed by atoms with Crippen molar-refractivity contribution in [2.24, 2.45) is 5.92 Å². The number of H-pyrrole nitrogens is 1. The van der Waals surface area contributed by atoms with E-state index in [1.807, 2.05) is 72.8 Å². The molecule has 3 aromatic rings. The third-order valence-corrected chi connectivity index (χ3v) is 5.66. The molecule has 1 aliphatic heterocycles. The van der Waals surface area contributed by atoms with Crippen molar-refractivity contribution in [3.63, 3.8) is 0 Å². The lowest BCUT2D eigenvalue weighted by atomic mass is 9.89. The number of carbonyl (C=O) groups excluding carboxylic acids is 1. The van der Waals surface area contributed by atoms with Crippen LogP contribution in [-0.2, 0) is 16.0 Å². The van der Waals surface area contributed by atoms with Gasteiger partial charge in [0.1, 0.15) is 0 Å². The fourth-order valence-electron chi connectivity index (χ4n) is 4.07. The molecule has 0 aliphatic carbocycles. The molecule has 2 heterocycles. The van der Waals surface area contributed by atoms with E-state index in [4.69, 9.17) is 0 Å². The number of aliphatic carboxylic acids is 1. The van der Waals surface area contributed by atoms with Crippen molar-refractivity contribution in [2.45, 2.75) is 18.8 Å². The van der Waals surface area contributed by atoms with E-state index >= 15 is 0 Å². The molecule has 1 saturated heterocycles. The van der Waals surface area contributed by atoms with E-state index < -0.39 is 11.9 Å². The predicted octanol–water partition coefficient (Wildman–Crippen LogP) is 3.94. The van der Waals surface area contributed by atoms with Gasteiger partial charge in [0.05, 0.1) is 5.92 Å². The number of carboxylic acid groups (broad SMARTS) is 1. The molecule has 2 atom stereocenters. The summed E-state index contributed by atoms with van der Waals surface area (Å²) in [6.45, 7) is 0.730. The van der Waals surface area contributed by atoms with E-state index in [1.165, 1.54) is 0 Å². The van der Waals surface area contributed by atoms with Gasteiger partial charge in [-0.2, -0.15) is 0 Å². The van der Waals surface area contributed by atoms with Crippen LogP contribution in [-0.4, -0.2) is 40.0 Å². The van der Waals surface area contributed by atoms with Crippen LogP contribution < -0.4 is 0 Å². The van der Waals surface area contributed by atoms with Gasteiger partial charge in [-0.1, -0.05) is 60.7 Å². The van der Waals surface area contributed by atoms with E-state index in [9.17, 15) is 14.7 Å². The number of aromatic amines is 1. The number of nitrogens with zero attached hydrogens (tertiary/aromatic N) is 1. The Morgan fingerprint density at radius 3 is 2.31 bits per heavy atom. The molecule has 1 fully saturated rings. The van der Waals surface area contributed by atoms with Crippen LogP contribution in [0.15, 0.2) is 72.8 Å². The first kappa shape index (κ1) is 19.0. The maximum Gasteiger partial charge on any atom is 0.308 e. The lowest BCUT2D eigenvalue weighted by molar-refractivity contribution is -0.141. The maximum atomic E-state index is 12.8. The first-order chi connectivity index (χ1) is 14.1. The van der Waals surface area contributed by atoms with Crippen molar-refractivity contribution < 1.29 is 14.7 Å². The van der Waals surface area contributed by atoms with E-state index in [1.54, 1.807) is 4.90 Å². The number of aryl methyl sites for hydroxylation is 1. The molecule has 0 spiro atoms. The minimum atomic E-state index is -0.842. The van der Waals surface area contributed by atoms with Crippen molar-refractivity contribution in [2.75, 3.05) is 13.1 Å². The second-order valence-electron chi connectivity index (χ2n) is 7.52. The Hall–Kier alpha value is -3.34. The van der Waals surface area contributed by atoms with Crippen LogP contribution in [0.2, 0.25) is 0 Å². The van der Waals surface area contributed by atoms with Crippen molar-refractivity contribution in [3.8, 4) is 11.3 Å². The van der Waals surface area contributed by atoms with Gasteiger partial charge in [0.2, 0.25) is 5.91 Å². The number of carboxylic acids is 1. The lowest BCUT2D eigenvalue weighted by Gasteiger charge is -2.16. The molecular weight excluding hydrogens is 364 g/mol. The zero-order chi connectivity index (χ0) is 20.2. The number of nitrogens with one attached hydrogen (secondary N) is 1. The number of carbonyl (C=O) groups is 2. The first-order valence-electron chi connectivity index (χ1n) is 9.90. The minimum absolute atomic E-state index is 0.00513. The summed E-state index contributed by atoms with van der Waals surface area (Å²) in [5.74, 6) is -1.55. The number of hydrogen-bond acceptors (Lipinski definition) is 2. The number of benzene rings is 2. The lowest BCUT2D eigenvalue weighted by Crippen LogP contribution is -2.30. The van der Waals surface area contributed by atoms with Gasteiger partial charge in [-0.05, 0) is 29.7 Å². The minimum Gasteiger partial charge on any atom is -0.481 e. The topological polar surface area (TPSA) is 73.4 Å². The van der Waals surface area contributed by atoms with Crippen LogP contribution in [0, 0.1) is 5.92 Å².